The summed E-state index contributed by atoms with van der Waals surface area (Å²) in [6, 6.07) is 11.2. The van der Waals surface area contributed by atoms with Crippen molar-refractivity contribution < 1.29 is 0 Å². The summed E-state index contributed by atoms with van der Waals surface area (Å²) in [5.41, 5.74) is 7.23. The minimum atomic E-state index is 0.448. The van der Waals surface area contributed by atoms with E-state index in [4.69, 9.17) is 5.73 Å². The number of nitrogens with zero attached hydrogens (tertiary/aromatic N) is 1. The molecule has 0 aliphatic carbocycles. The summed E-state index contributed by atoms with van der Waals surface area (Å²) in [6.45, 7) is 9.53. The summed E-state index contributed by atoms with van der Waals surface area (Å²) in [7, 11) is 0. The molecule has 1 aromatic rings. The van der Waals surface area contributed by atoms with E-state index < -0.39 is 0 Å². The Balaban J connectivity index is 2.68. The topological polar surface area (TPSA) is 29.3 Å². The second-order valence-corrected chi connectivity index (χ2v) is 4.52. The van der Waals surface area contributed by atoms with Crippen molar-refractivity contribution in [3.05, 3.63) is 35.9 Å². The molecule has 2 N–H and O–H groups in total. The zero-order valence-corrected chi connectivity index (χ0v) is 10.7. The van der Waals surface area contributed by atoms with Crippen molar-refractivity contribution in [2.45, 2.75) is 32.7 Å². The molecular formula is C14H24N2. The Kier molecular flexibility index (Phi) is 5.50. The minimum absolute atomic E-state index is 0.448. The zero-order valence-electron chi connectivity index (χ0n) is 10.7. The quantitative estimate of drug-likeness (QED) is 0.798. The average molecular weight is 220 g/mol. The summed E-state index contributed by atoms with van der Waals surface area (Å²) < 4.78 is 0. The van der Waals surface area contributed by atoms with Crippen LogP contribution in [0.25, 0.3) is 0 Å². The van der Waals surface area contributed by atoms with Gasteiger partial charge in [0.1, 0.15) is 0 Å². The summed E-state index contributed by atoms with van der Waals surface area (Å²) in [4.78, 5) is 2.46. The molecule has 0 amide bonds. The molecule has 1 rings (SSSR count). The van der Waals surface area contributed by atoms with Crippen molar-refractivity contribution in [2.24, 2.45) is 5.73 Å². The highest BCUT2D eigenvalue weighted by atomic mass is 15.1. The molecule has 0 aromatic heterocycles. The first-order valence-corrected chi connectivity index (χ1v) is 6.18. The van der Waals surface area contributed by atoms with E-state index in [0.717, 1.165) is 13.1 Å². The van der Waals surface area contributed by atoms with Crippen LogP contribution >= 0.6 is 0 Å². The number of rotatable bonds is 6. The molecule has 0 saturated carbocycles. The fourth-order valence-corrected chi connectivity index (χ4v) is 2.03. The van der Waals surface area contributed by atoms with Crippen LogP contribution in [0.3, 0.4) is 0 Å². The molecule has 0 bridgehead atoms. The third-order valence-electron chi connectivity index (χ3n) is 3.15. The molecule has 1 atom stereocenters. The van der Waals surface area contributed by atoms with Crippen LogP contribution in [0.15, 0.2) is 30.3 Å². The van der Waals surface area contributed by atoms with Crippen LogP contribution in [-0.4, -0.2) is 30.6 Å². The fraction of sp³-hybridized carbons (Fsp3) is 0.571. The molecule has 0 aliphatic heterocycles. The summed E-state index contributed by atoms with van der Waals surface area (Å²) >= 11 is 0. The maximum Gasteiger partial charge on any atom is 0.00889 e. The van der Waals surface area contributed by atoms with Gasteiger partial charge < -0.3 is 10.6 Å². The lowest BCUT2D eigenvalue weighted by Crippen LogP contribution is -2.36. The molecule has 2 heteroatoms. The first-order chi connectivity index (χ1) is 7.69. The van der Waals surface area contributed by atoms with Crippen molar-refractivity contribution in [1.29, 1.82) is 0 Å². The van der Waals surface area contributed by atoms with Gasteiger partial charge in [-0.2, -0.15) is 0 Å². The Morgan fingerprint density at radius 3 is 2.25 bits per heavy atom. The summed E-state index contributed by atoms with van der Waals surface area (Å²) in [6.07, 6.45) is 0. The van der Waals surface area contributed by atoms with Crippen molar-refractivity contribution in [2.75, 3.05) is 19.6 Å². The predicted molar refractivity (Wildman–Crippen MR) is 70.6 cm³/mol. The van der Waals surface area contributed by atoms with Crippen molar-refractivity contribution in [3.8, 4) is 0 Å². The molecule has 2 nitrogen and oxygen atoms in total. The van der Waals surface area contributed by atoms with Gasteiger partial charge in [0, 0.05) is 25.0 Å². The van der Waals surface area contributed by atoms with Gasteiger partial charge in [-0.15, -0.1) is 0 Å². The zero-order chi connectivity index (χ0) is 12.0. The molecule has 0 spiro atoms. The van der Waals surface area contributed by atoms with Crippen LogP contribution in [0.5, 0.6) is 0 Å². The van der Waals surface area contributed by atoms with E-state index in [1.54, 1.807) is 0 Å². The molecule has 0 saturated heterocycles. The molecule has 0 heterocycles. The lowest BCUT2D eigenvalue weighted by atomic mass is 9.98. The third-order valence-corrected chi connectivity index (χ3v) is 3.15. The van der Waals surface area contributed by atoms with Gasteiger partial charge in [0.05, 0.1) is 0 Å². The van der Waals surface area contributed by atoms with Gasteiger partial charge in [0.2, 0.25) is 0 Å². The molecule has 0 aliphatic rings. The molecule has 1 unspecified atom stereocenters. The Bertz CT molecular complexity index is 282. The second-order valence-electron chi connectivity index (χ2n) is 4.52. The number of nitrogens with two attached hydrogens (primary N) is 1. The van der Waals surface area contributed by atoms with E-state index in [2.05, 4.69) is 56.0 Å². The molecule has 0 fully saturated rings. The number of hydrogen-bond acceptors (Lipinski definition) is 2. The van der Waals surface area contributed by atoms with Crippen molar-refractivity contribution >= 4 is 0 Å². The van der Waals surface area contributed by atoms with E-state index in [1.165, 1.54) is 5.56 Å². The van der Waals surface area contributed by atoms with E-state index in [-0.39, 0.29) is 0 Å². The van der Waals surface area contributed by atoms with Crippen LogP contribution in [0.4, 0.5) is 0 Å². The monoisotopic (exact) mass is 220 g/mol. The Morgan fingerprint density at radius 2 is 1.81 bits per heavy atom. The lowest BCUT2D eigenvalue weighted by molar-refractivity contribution is 0.220. The normalized spacial score (nSPS) is 13.4. The Morgan fingerprint density at radius 1 is 1.19 bits per heavy atom. The smallest absolute Gasteiger partial charge is 0.00889 e. The lowest BCUT2D eigenvalue weighted by Gasteiger charge is -2.29. The maximum absolute atomic E-state index is 5.88. The molecule has 16 heavy (non-hydrogen) atoms. The molecule has 1 aromatic carbocycles. The van der Waals surface area contributed by atoms with E-state index >= 15 is 0 Å². The van der Waals surface area contributed by atoms with E-state index in [9.17, 15) is 0 Å². The van der Waals surface area contributed by atoms with Gasteiger partial charge in [-0.3, -0.25) is 0 Å². The van der Waals surface area contributed by atoms with Crippen LogP contribution in [0.1, 0.15) is 32.3 Å². The highest BCUT2D eigenvalue weighted by molar-refractivity contribution is 5.20. The van der Waals surface area contributed by atoms with Gasteiger partial charge in [-0.1, -0.05) is 37.3 Å². The summed E-state index contributed by atoms with van der Waals surface area (Å²) in [5, 5.41) is 0. The number of benzene rings is 1. The SMILES string of the molecule is CCN(CC(CN)c1ccccc1)C(C)C. The van der Waals surface area contributed by atoms with Gasteiger partial charge >= 0.3 is 0 Å². The van der Waals surface area contributed by atoms with E-state index in [0.29, 0.717) is 18.5 Å². The molecular weight excluding hydrogens is 196 g/mol. The van der Waals surface area contributed by atoms with Crippen molar-refractivity contribution in [1.82, 2.24) is 4.90 Å². The van der Waals surface area contributed by atoms with E-state index in [1.807, 2.05) is 0 Å². The second kappa shape index (κ2) is 6.66. The largest absolute Gasteiger partial charge is 0.330 e. The Labute approximate surface area is 99.5 Å². The average Bonchev–Trinajstić information content (AvgIpc) is 2.31. The highest BCUT2D eigenvalue weighted by Crippen LogP contribution is 2.16. The van der Waals surface area contributed by atoms with Gasteiger partial charge in [0.15, 0.2) is 0 Å². The fourth-order valence-electron chi connectivity index (χ4n) is 2.03. The van der Waals surface area contributed by atoms with Gasteiger partial charge in [-0.05, 0) is 26.0 Å². The first-order valence-electron chi connectivity index (χ1n) is 6.18. The number of likely N-dealkylation sites (N-methyl/N-ethyl adjacent to an activating group) is 1. The van der Waals surface area contributed by atoms with Gasteiger partial charge in [-0.25, -0.2) is 0 Å². The molecule has 90 valence electrons. The number of hydrogen-bond donors (Lipinski definition) is 1. The van der Waals surface area contributed by atoms with Crippen LogP contribution in [0, 0.1) is 0 Å². The summed E-state index contributed by atoms with van der Waals surface area (Å²) in [5.74, 6) is 0.448. The standard InChI is InChI=1S/C14H24N2/c1-4-16(12(2)3)11-14(10-15)13-8-6-5-7-9-13/h5-9,12,14H,4,10-11,15H2,1-3H3. The first kappa shape index (κ1) is 13.2. The molecule has 0 radical (unpaired) electrons. The highest BCUT2D eigenvalue weighted by Gasteiger charge is 2.15. The Hall–Kier alpha value is -0.860. The van der Waals surface area contributed by atoms with Gasteiger partial charge in [0.25, 0.3) is 0 Å². The van der Waals surface area contributed by atoms with Crippen molar-refractivity contribution in [3.63, 3.8) is 0 Å². The predicted octanol–water partition coefficient (Wildman–Crippen LogP) is 2.46. The van der Waals surface area contributed by atoms with Crippen LogP contribution in [-0.2, 0) is 0 Å². The maximum atomic E-state index is 5.88. The van der Waals surface area contributed by atoms with Crippen LogP contribution < -0.4 is 5.73 Å². The third kappa shape index (κ3) is 3.62. The van der Waals surface area contributed by atoms with Crippen LogP contribution in [0.2, 0.25) is 0 Å². The minimum Gasteiger partial charge on any atom is -0.330 e.